The second-order valence-electron chi connectivity index (χ2n) is 4.12. The molecule has 2 aromatic heterocycles. The van der Waals surface area contributed by atoms with Crippen molar-refractivity contribution in [1.29, 1.82) is 0 Å². The van der Waals surface area contributed by atoms with Crippen molar-refractivity contribution in [2.75, 3.05) is 0 Å². The summed E-state index contributed by atoms with van der Waals surface area (Å²) in [6.07, 6.45) is 7.10. The van der Waals surface area contributed by atoms with Crippen LogP contribution in [-0.4, -0.2) is 4.98 Å². The first-order valence-electron chi connectivity index (χ1n) is 5.94. The van der Waals surface area contributed by atoms with Crippen molar-refractivity contribution in [3.8, 4) is 0 Å². The molecule has 0 unspecified atom stereocenters. The number of rotatable bonds is 2. The van der Waals surface area contributed by atoms with Crippen LogP contribution in [0.5, 0.6) is 0 Å². The summed E-state index contributed by atoms with van der Waals surface area (Å²) < 4.78 is 5.66. The topological polar surface area (TPSA) is 43.1 Å². The van der Waals surface area contributed by atoms with Crippen molar-refractivity contribution in [1.82, 2.24) is 4.98 Å². The normalized spacial score (nSPS) is 11.2. The van der Waals surface area contributed by atoms with E-state index in [0.717, 1.165) is 5.56 Å². The Morgan fingerprint density at radius 2 is 1.79 bits per heavy atom. The summed E-state index contributed by atoms with van der Waals surface area (Å²) in [5, 5.41) is 0.601. The summed E-state index contributed by atoms with van der Waals surface area (Å²) in [6.45, 7) is 0. The number of benzene rings is 1. The summed E-state index contributed by atoms with van der Waals surface area (Å²) in [4.78, 5) is 15.9. The highest BCUT2D eigenvalue weighted by molar-refractivity contribution is 5.78. The van der Waals surface area contributed by atoms with Crippen molar-refractivity contribution in [3.05, 3.63) is 76.4 Å². The molecule has 1 aromatic carbocycles. The summed E-state index contributed by atoms with van der Waals surface area (Å²) in [5.74, 6) is 0.542. The minimum Gasteiger partial charge on any atom is -0.456 e. The Morgan fingerprint density at radius 3 is 2.63 bits per heavy atom. The molecule has 3 rings (SSSR count). The van der Waals surface area contributed by atoms with E-state index in [1.165, 1.54) is 6.07 Å². The minimum atomic E-state index is -0.0313. The Balaban J connectivity index is 2.02. The number of para-hydroxylation sites is 1. The molecule has 0 saturated carbocycles. The van der Waals surface area contributed by atoms with Gasteiger partial charge in [0.1, 0.15) is 11.3 Å². The summed E-state index contributed by atoms with van der Waals surface area (Å²) in [7, 11) is 0. The highest BCUT2D eigenvalue weighted by atomic mass is 16.3. The van der Waals surface area contributed by atoms with E-state index in [9.17, 15) is 4.79 Å². The first kappa shape index (κ1) is 11.4. The van der Waals surface area contributed by atoms with Gasteiger partial charge >= 0.3 is 0 Å². The van der Waals surface area contributed by atoms with Gasteiger partial charge in [-0.1, -0.05) is 18.2 Å². The Hall–Kier alpha value is -2.68. The second kappa shape index (κ2) is 4.90. The second-order valence-corrected chi connectivity index (χ2v) is 4.12. The third kappa shape index (κ3) is 2.45. The van der Waals surface area contributed by atoms with Gasteiger partial charge in [-0.05, 0) is 35.9 Å². The highest BCUT2D eigenvalue weighted by Gasteiger charge is 2.01. The van der Waals surface area contributed by atoms with Gasteiger partial charge in [0.25, 0.3) is 0 Å². The van der Waals surface area contributed by atoms with Crippen LogP contribution in [0.25, 0.3) is 23.1 Å². The summed E-state index contributed by atoms with van der Waals surface area (Å²) >= 11 is 0. The lowest BCUT2D eigenvalue weighted by Gasteiger charge is -1.98. The molecule has 0 N–H and O–H groups in total. The van der Waals surface area contributed by atoms with Crippen molar-refractivity contribution in [3.63, 3.8) is 0 Å². The van der Waals surface area contributed by atoms with Crippen molar-refractivity contribution < 1.29 is 4.42 Å². The van der Waals surface area contributed by atoms with Crippen molar-refractivity contribution in [2.24, 2.45) is 0 Å². The van der Waals surface area contributed by atoms with Crippen molar-refractivity contribution in [2.45, 2.75) is 0 Å². The van der Waals surface area contributed by atoms with Crippen LogP contribution in [0.1, 0.15) is 11.3 Å². The van der Waals surface area contributed by atoms with Gasteiger partial charge < -0.3 is 4.42 Å². The fraction of sp³-hybridized carbons (Fsp3) is 0. The first-order valence-corrected chi connectivity index (χ1v) is 5.94. The SMILES string of the molecule is O=c1cc(C=Cc2ccncc2)oc2ccccc12. The molecule has 0 atom stereocenters. The smallest absolute Gasteiger partial charge is 0.193 e. The van der Waals surface area contributed by atoms with Gasteiger partial charge in [-0.2, -0.15) is 0 Å². The standard InChI is InChI=1S/C16H11NO2/c18-15-11-13(6-5-12-7-9-17-10-8-12)19-16-4-2-1-3-14(15)16/h1-11H. The molecule has 3 heteroatoms. The van der Waals surface area contributed by atoms with Crippen LogP contribution in [-0.2, 0) is 0 Å². The Kier molecular flexibility index (Phi) is 2.94. The van der Waals surface area contributed by atoms with E-state index >= 15 is 0 Å². The predicted molar refractivity (Wildman–Crippen MR) is 75.6 cm³/mol. The molecular formula is C16H11NO2. The minimum absolute atomic E-state index is 0.0313. The largest absolute Gasteiger partial charge is 0.456 e. The lowest BCUT2D eigenvalue weighted by molar-refractivity contribution is 0.591. The third-order valence-electron chi connectivity index (χ3n) is 2.80. The highest BCUT2D eigenvalue weighted by Crippen LogP contribution is 2.13. The Morgan fingerprint density at radius 1 is 1.00 bits per heavy atom. The molecule has 0 bridgehead atoms. The Labute approximate surface area is 109 Å². The zero-order valence-corrected chi connectivity index (χ0v) is 10.1. The zero-order valence-electron chi connectivity index (χ0n) is 10.1. The van der Waals surface area contributed by atoms with Crippen LogP contribution in [0.4, 0.5) is 0 Å². The van der Waals surface area contributed by atoms with E-state index in [-0.39, 0.29) is 5.43 Å². The average Bonchev–Trinajstić information content (AvgIpc) is 2.46. The number of hydrogen-bond acceptors (Lipinski definition) is 3. The van der Waals surface area contributed by atoms with Crippen LogP contribution < -0.4 is 5.43 Å². The Bertz CT molecular complexity index is 788. The van der Waals surface area contributed by atoms with Crippen LogP contribution in [0.3, 0.4) is 0 Å². The van der Waals surface area contributed by atoms with Gasteiger partial charge in [0, 0.05) is 18.5 Å². The number of pyridine rings is 1. The molecular weight excluding hydrogens is 238 g/mol. The molecule has 0 spiro atoms. The molecule has 0 amide bonds. The molecule has 0 saturated heterocycles. The van der Waals surface area contributed by atoms with E-state index in [0.29, 0.717) is 16.7 Å². The summed E-state index contributed by atoms with van der Waals surface area (Å²) in [5.41, 5.74) is 1.58. The van der Waals surface area contributed by atoms with Crippen LogP contribution in [0.15, 0.2) is 64.1 Å². The number of nitrogens with zero attached hydrogens (tertiary/aromatic N) is 1. The van der Waals surface area contributed by atoms with E-state index < -0.39 is 0 Å². The van der Waals surface area contributed by atoms with Crippen LogP contribution >= 0.6 is 0 Å². The lowest BCUT2D eigenvalue weighted by atomic mass is 10.2. The molecule has 0 aliphatic carbocycles. The predicted octanol–water partition coefficient (Wildman–Crippen LogP) is 3.36. The molecule has 0 aliphatic heterocycles. The molecule has 19 heavy (non-hydrogen) atoms. The lowest BCUT2D eigenvalue weighted by Crippen LogP contribution is -1.99. The molecule has 3 nitrogen and oxygen atoms in total. The number of aromatic nitrogens is 1. The third-order valence-corrected chi connectivity index (χ3v) is 2.80. The quantitative estimate of drug-likeness (QED) is 0.699. The van der Waals surface area contributed by atoms with Crippen molar-refractivity contribution >= 4 is 23.1 Å². The van der Waals surface area contributed by atoms with E-state index in [2.05, 4.69) is 4.98 Å². The molecule has 0 fully saturated rings. The molecule has 92 valence electrons. The molecule has 0 aliphatic rings. The first-order chi connectivity index (χ1) is 9.33. The monoisotopic (exact) mass is 249 g/mol. The average molecular weight is 249 g/mol. The van der Waals surface area contributed by atoms with Gasteiger partial charge in [0.05, 0.1) is 5.39 Å². The van der Waals surface area contributed by atoms with E-state index in [4.69, 9.17) is 4.42 Å². The van der Waals surface area contributed by atoms with Gasteiger partial charge in [-0.15, -0.1) is 0 Å². The van der Waals surface area contributed by atoms with Gasteiger partial charge in [0.15, 0.2) is 5.43 Å². The van der Waals surface area contributed by atoms with Crippen LogP contribution in [0, 0.1) is 0 Å². The maximum atomic E-state index is 11.9. The fourth-order valence-electron chi connectivity index (χ4n) is 1.86. The fourth-order valence-corrected chi connectivity index (χ4v) is 1.86. The van der Waals surface area contributed by atoms with Crippen LogP contribution in [0.2, 0.25) is 0 Å². The molecule has 2 heterocycles. The zero-order chi connectivity index (χ0) is 13.1. The molecule has 0 radical (unpaired) electrons. The van der Waals surface area contributed by atoms with Gasteiger partial charge in [0.2, 0.25) is 0 Å². The maximum absolute atomic E-state index is 11.9. The number of fused-ring (bicyclic) bond motifs is 1. The van der Waals surface area contributed by atoms with E-state index in [1.807, 2.05) is 30.3 Å². The number of hydrogen-bond donors (Lipinski definition) is 0. The van der Waals surface area contributed by atoms with Gasteiger partial charge in [-0.25, -0.2) is 0 Å². The van der Waals surface area contributed by atoms with E-state index in [1.54, 1.807) is 30.6 Å². The summed E-state index contributed by atoms with van der Waals surface area (Å²) in [6, 6.07) is 12.5. The maximum Gasteiger partial charge on any atom is 0.193 e. The molecule has 3 aromatic rings. The van der Waals surface area contributed by atoms with Gasteiger partial charge in [-0.3, -0.25) is 9.78 Å².